The van der Waals surface area contributed by atoms with Crippen molar-refractivity contribution in [3.8, 4) is 5.75 Å². The van der Waals surface area contributed by atoms with Gasteiger partial charge in [0.25, 0.3) is 5.91 Å². The van der Waals surface area contributed by atoms with E-state index in [-0.39, 0.29) is 18.0 Å². The van der Waals surface area contributed by atoms with Crippen LogP contribution in [0.1, 0.15) is 15.9 Å². The van der Waals surface area contributed by atoms with E-state index in [2.05, 4.69) is 15.8 Å². The number of amides is 1. The molecule has 7 nitrogen and oxygen atoms in total. The van der Waals surface area contributed by atoms with Gasteiger partial charge in [-0.1, -0.05) is 24.3 Å². The number of hydrogen-bond donors (Lipinski definition) is 3. The normalized spacial score (nSPS) is 10.4. The monoisotopic (exact) mass is 327 g/mol. The van der Waals surface area contributed by atoms with E-state index in [1.54, 1.807) is 31.4 Å². The molecule has 2 rings (SSSR count). The fourth-order valence-electron chi connectivity index (χ4n) is 1.90. The van der Waals surface area contributed by atoms with Crippen LogP contribution in [0.3, 0.4) is 0 Å². The summed E-state index contributed by atoms with van der Waals surface area (Å²) < 4.78 is 5.18. The fourth-order valence-corrected chi connectivity index (χ4v) is 1.90. The second-order valence-corrected chi connectivity index (χ2v) is 4.77. The van der Waals surface area contributed by atoms with Gasteiger partial charge in [0.05, 0.1) is 31.1 Å². The van der Waals surface area contributed by atoms with E-state index in [0.717, 1.165) is 0 Å². The molecule has 0 saturated carbocycles. The lowest BCUT2D eigenvalue weighted by Crippen LogP contribution is -2.26. The molecule has 0 fully saturated rings. The van der Waals surface area contributed by atoms with Crippen molar-refractivity contribution < 1.29 is 19.4 Å². The van der Waals surface area contributed by atoms with Crippen LogP contribution in [0.4, 0.5) is 5.69 Å². The summed E-state index contributed by atoms with van der Waals surface area (Å²) in [7, 11) is 1.56. The van der Waals surface area contributed by atoms with Crippen LogP contribution in [0.15, 0.2) is 53.6 Å². The number of nitrogens with one attached hydrogen (secondary N) is 2. The minimum absolute atomic E-state index is 0.0374. The van der Waals surface area contributed by atoms with Crippen molar-refractivity contribution >= 4 is 23.8 Å². The molecule has 2 aromatic carbocycles. The van der Waals surface area contributed by atoms with Crippen molar-refractivity contribution in [2.24, 2.45) is 5.10 Å². The smallest absolute Gasteiger partial charge is 0.335 e. The van der Waals surface area contributed by atoms with Crippen molar-refractivity contribution in [3.63, 3.8) is 0 Å². The number of aromatic carboxylic acids is 1. The highest BCUT2D eigenvalue weighted by Crippen LogP contribution is 2.22. The van der Waals surface area contributed by atoms with Crippen molar-refractivity contribution in [1.82, 2.24) is 5.43 Å². The maximum absolute atomic E-state index is 11.7. The SMILES string of the molecule is COc1ccccc1NCC(=O)N/N=C\c1ccc(C(=O)O)cc1. The average molecular weight is 327 g/mol. The van der Waals surface area contributed by atoms with Crippen LogP contribution < -0.4 is 15.5 Å². The van der Waals surface area contributed by atoms with E-state index in [1.807, 2.05) is 12.1 Å². The summed E-state index contributed by atoms with van der Waals surface area (Å²) in [6, 6.07) is 13.4. The Hall–Kier alpha value is -3.35. The largest absolute Gasteiger partial charge is 0.495 e. The van der Waals surface area contributed by atoms with Crippen LogP contribution in [0.5, 0.6) is 5.75 Å². The molecular weight excluding hydrogens is 310 g/mol. The molecule has 0 aliphatic heterocycles. The molecule has 0 spiro atoms. The quantitative estimate of drug-likeness (QED) is 0.533. The summed E-state index contributed by atoms with van der Waals surface area (Å²) in [5, 5.41) is 15.6. The van der Waals surface area contributed by atoms with Gasteiger partial charge in [-0.25, -0.2) is 10.2 Å². The average Bonchev–Trinajstić information content (AvgIpc) is 2.60. The molecule has 0 bridgehead atoms. The molecule has 7 heteroatoms. The second kappa shape index (κ2) is 8.33. The van der Waals surface area contributed by atoms with Crippen LogP contribution >= 0.6 is 0 Å². The van der Waals surface area contributed by atoms with E-state index in [1.165, 1.54) is 18.3 Å². The highest BCUT2D eigenvalue weighted by Gasteiger charge is 2.04. The van der Waals surface area contributed by atoms with Crippen molar-refractivity contribution in [2.75, 3.05) is 19.0 Å². The van der Waals surface area contributed by atoms with E-state index in [0.29, 0.717) is 17.0 Å². The van der Waals surface area contributed by atoms with Crippen molar-refractivity contribution in [2.45, 2.75) is 0 Å². The molecule has 1 amide bonds. The van der Waals surface area contributed by atoms with Gasteiger partial charge in [-0.15, -0.1) is 0 Å². The zero-order valence-electron chi connectivity index (χ0n) is 13.0. The summed E-state index contributed by atoms with van der Waals surface area (Å²) >= 11 is 0. The van der Waals surface area contributed by atoms with E-state index in [4.69, 9.17) is 9.84 Å². The van der Waals surface area contributed by atoms with Crippen LogP contribution in [0, 0.1) is 0 Å². The number of carbonyl (C=O) groups is 2. The zero-order chi connectivity index (χ0) is 17.4. The molecule has 0 aliphatic carbocycles. The molecule has 0 unspecified atom stereocenters. The molecule has 2 aromatic rings. The molecule has 0 heterocycles. The number of methoxy groups -OCH3 is 1. The first-order valence-corrected chi connectivity index (χ1v) is 7.12. The first kappa shape index (κ1) is 17.0. The number of anilines is 1. The van der Waals surface area contributed by atoms with Gasteiger partial charge in [0.15, 0.2) is 0 Å². The molecular formula is C17H17N3O4. The lowest BCUT2D eigenvalue weighted by atomic mass is 10.1. The molecule has 0 aliphatic rings. The highest BCUT2D eigenvalue weighted by molar-refractivity contribution is 5.89. The Balaban J connectivity index is 1.83. The van der Waals surface area contributed by atoms with Gasteiger partial charge in [0.1, 0.15) is 5.75 Å². The number of ether oxygens (including phenoxy) is 1. The summed E-state index contributed by atoms with van der Waals surface area (Å²) in [6.07, 6.45) is 1.44. The third-order valence-corrected chi connectivity index (χ3v) is 3.11. The second-order valence-electron chi connectivity index (χ2n) is 4.77. The predicted octanol–water partition coefficient (Wildman–Crippen LogP) is 1.96. The Morgan fingerprint density at radius 2 is 1.88 bits per heavy atom. The number of carboxylic acid groups (broad SMARTS) is 1. The van der Waals surface area contributed by atoms with Gasteiger partial charge in [-0.2, -0.15) is 5.10 Å². The van der Waals surface area contributed by atoms with Gasteiger partial charge in [-0.05, 0) is 29.8 Å². The highest BCUT2D eigenvalue weighted by atomic mass is 16.5. The zero-order valence-corrected chi connectivity index (χ0v) is 13.0. The molecule has 0 aromatic heterocycles. The number of benzene rings is 2. The summed E-state index contributed by atoms with van der Waals surface area (Å²) in [5.41, 5.74) is 3.97. The topological polar surface area (TPSA) is 100 Å². The summed E-state index contributed by atoms with van der Waals surface area (Å²) in [6.45, 7) is 0.0374. The van der Waals surface area contributed by atoms with Gasteiger partial charge in [-0.3, -0.25) is 4.79 Å². The van der Waals surface area contributed by atoms with Gasteiger partial charge >= 0.3 is 5.97 Å². The minimum Gasteiger partial charge on any atom is -0.495 e. The Labute approximate surface area is 139 Å². The Morgan fingerprint density at radius 3 is 2.54 bits per heavy atom. The maximum Gasteiger partial charge on any atom is 0.335 e. The van der Waals surface area contributed by atoms with Crippen LogP contribution in [-0.4, -0.2) is 36.9 Å². The lowest BCUT2D eigenvalue weighted by Gasteiger charge is -2.09. The van der Waals surface area contributed by atoms with Gasteiger partial charge in [0, 0.05) is 0 Å². The molecule has 24 heavy (non-hydrogen) atoms. The number of carboxylic acids is 1. The number of rotatable bonds is 7. The van der Waals surface area contributed by atoms with E-state index >= 15 is 0 Å². The standard InChI is InChI=1S/C17H17N3O4/c1-24-15-5-3-2-4-14(15)18-11-16(21)20-19-10-12-6-8-13(9-7-12)17(22)23/h2-10,18H,11H2,1H3,(H,20,21)(H,22,23)/b19-10-. The van der Waals surface area contributed by atoms with Crippen molar-refractivity contribution in [1.29, 1.82) is 0 Å². The third kappa shape index (κ3) is 4.84. The minimum atomic E-state index is -0.991. The lowest BCUT2D eigenvalue weighted by molar-refractivity contribution is -0.119. The number of carbonyl (C=O) groups excluding carboxylic acids is 1. The molecule has 124 valence electrons. The van der Waals surface area contributed by atoms with E-state index in [9.17, 15) is 9.59 Å². The van der Waals surface area contributed by atoms with E-state index < -0.39 is 5.97 Å². The summed E-state index contributed by atoms with van der Waals surface area (Å²) in [4.78, 5) is 22.5. The first-order valence-electron chi connectivity index (χ1n) is 7.12. The summed E-state index contributed by atoms with van der Waals surface area (Å²) in [5.74, 6) is -0.666. The molecule has 0 radical (unpaired) electrons. The Kier molecular flexibility index (Phi) is 5.90. The van der Waals surface area contributed by atoms with Crippen LogP contribution in [0.25, 0.3) is 0 Å². The fraction of sp³-hybridized carbons (Fsp3) is 0.118. The maximum atomic E-state index is 11.7. The van der Waals surface area contributed by atoms with Crippen LogP contribution in [-0.2, 0) is 4.79 Å². The molecule has 0 saturated heterocycles. The van der Waals surface area contributed by atoms with Gasteiger partial charge < -0.3 is 15.2 Å². The predicted molar refractivity (Wildman–Crippen MR) is 90.6 cm³/mol. The molecule has 3 N–H and O–H groups in total. The number of para-hydroxylation sites is 2. The Bertz CT molecular complexity index is 742. The van der Waals surface area contributed by atoms with Gasteiger partial charge in [0.2, 0.25) is 0 Å². The third-order valence-electron chi connectivity index (χ3n) is 3.11. The van der Waals surface area contributed by atoms with Crippen molar-refractivity contribution in [3.05, 3.63) is 59.7 Å². The number of hydrazone groups is 1. The number of nitrogens with zero attached hydrogens (tertiary/aromatic N) is 1. The van der Waals surface area contributed by atoms with Crippen LogP contribution in [0.2, 0.25) is 0 Å². The molecule has 0 atom stereocenters. The first-order chi connectivity index (χ1) is 11.6. The Morgan fingerprint density at radius 1 is 1.17 bits per heavy atom. The number of hydrogen-bond acceptors (Lipinski definition) is 5.